The summed E-state index contributed by atoms with van der Waals surface area (Å²) in [7, 11) is 0.704. The molecule has 3 N–H and O–H groups in total. The van der Waals surface area contributed by atoms with Gasteiger partial charge in [0.15, 0.2) is 5.82 Å². The highest BCUT2D eigenvalue weighted by Crippen LogP contribution is 2.21. The minimum absolute atomic E-state index is 0.567. The van der Waals surface area contributed by atoms with Crippen molar-refractivity contribution in [3.05, 3.63) is 5.69 Å². The second-order valence-corrected chi connectivity index (χ2v) is 4.43. The molecule has 1 aromatic rings. The molecular formula is C8H16N4OS. The highest BCUT2D eigenvalue weighted by atomic mass is 32.2. The summed E-state index contributed by atoms with van der Waals surface area (Å²) in [5.41, 5.74) is 7.09. The summed E-state index contributed by atoms with van der Waals surface area (Å²) in [6.07, 6.45) is 0.871. The highest BCUT2D eigenvalue weighted by Gasteiger charge is 2.11. The van der Waals surface area contributed by atoms with Crippen LogP contribution in [0.25, 0.3) is 0 Å². The van der Waals surface area contributed by atoms with E-state index >= 15 is 0 Å². The van der Waals surface area contributed by atoms with Crippen LogP contribution in [0.15, 0.2) is 0 Å². The van der Waals surface area contributed by atoms with Crippen molar-refractivity contribution in [1.82, 2.24) is 9.78 Å². The third-order valence-electron chi connectivity index (χ3n) is 1.87. The number of anilines is 2. The zero-order valence-electron chi connectivity index (χ0n) is 8.70. The van der Waals surface area contributed by atoms with Crippen LogP contribution in [0.5, 0.6) is 0 Å². The molecule has 0 amide bonds. The monoisotopic (exact) mass is 216 g/mol. The van der Waals surface area contributed by atoms with E-state index in [1.807, 2.05) is 13.8 Å². The summed E-state index contributed by atoms with van der Waals surface area (Å²) in [6.45, 7) is 3.81. The molecule has 0 spiro atoms. The number of aromatic nitrogens is 2. The van der Waals surface area contributed by atoms with Crippen molar-refractivity contribution < 1.29 is 4.21 Å². The predicted molar refractivity (Wildman–Crippen MR) is 59.3 cm³/mol. The van der Waals surface area contributed by atoms with E-state index in [-0.39, 0.29) is 0 Å². The van der Waals surface area contributed by atoms with Crippen LogP contribution in [-0.4, -0.2) is 19.7 Å². The van der Waals surface area contributed by atoms with Gasteiger partial charge in [0.25, 0.3) is 0 Å². The SMILES string of the molecule is CCCS(=O)Nc1c(N)c(C)nn1C. The fourth-order valence-corrected chi connectivity index (χ4v) is 2.07. The quantitative estimate of drug-likeness (QED) is 0.781. The minimum atomic E-state index is -1.07. The van der Waals surface area contributed by atoms with Crippen LogP contribution >= 0.6 is 0 Å². The zero-order chi connectivity index (χ0) is 10.7. The first kappa shape index (κ1) is 11.0. The van der Waals surface area contributed by atoms with Crippen LogP contribution in [0.3, 0.4) is 0 Å². The molecule has 0 bridgehead atoms. The van der Waals surface area contributed by atoms with E-state index in [0.717, 1.165) is 12.1 Å². The summed E-state index contributed by atoms with van der Waals surface area (Å²) < 4.78 is 15.9. The van der Waals surface area contributed by atoms with E-state index in [1.165, 1.54) is 0 Å². The summed E-state index contributed by atoms with van der Waals surface area (Å²) in [5.74, 6) is 1.25. The molecular weight excluding hydrogens is 200 g/mol. The molecule has 6 heteroatoms. The summed E-state index contributed by atoms with van der Waals surface area (Å²) in [4.78, 5) is 0. The van der Waals surface area contributed by atoms with Gasteiger partial charge in [0.2, 0.25) is 0 Å². The lowest BCUT2D eigenvalue weighted by Crippen LogP contribution is -2.12. The van der Waals surface area contributed by atoms with Crippen molar-refractivity contribution in [3.63, 3.8) is 0 Å². The molecule has 0 saturated carbocycles. The molecule has 0 aromatic carbocycles. The number of hydrogen-bond donors (Lipinski definition) is 2. The average molecular weight is 216 g/mol. The molecule has 80 valence electrons. The normalized spacial score (nSPS) is 12.8. The first-order valence-electron chi connectivity index (χ1n) is 4.50. The standard InChI is InChI=1S/C8H16N4OS/c1-4-5-14(13)11-8-7(9)6(2)10-12(8)3/h11H,4-5,9H2,1-3H3. The number of nitrogen functional groups attached to an aromatic ring is 1. The molecule has 1 atom stereocenters. The van der Waals surface area contributed by atoms with Crippen LogP contribution < -0.4 is 10.5 Å². The molecule has 1 rings (SSSR count). The van der Waals surface area contributed by atoms with Gasteiger partial charge in [-0.25, -0.2) is 4.21 Å². The fourth-order valence-electron chi connectivity index (χ4n) is 1.14. The van der Waals surface area contributed by atoms with E-state index in [1.54, 1.807) is 11.7 Å². The summed E-state index contributed by atoms with van der Waals surface area (Å²) in [5, 5.41) is 4.12. The van der Waals surface area contributed by atoms with Gasteiger partial charge in [0, 0.05) is 12.8 Å². The summed E-state index contributed by atoms with van der Waals surface area (Å²) >= 11 is 0. The van der Waals surface area contributed by atoms with Crippen molar-refractivity contribution in [2.24, 2.45) is 7.05 Å². The Bertz CT molecular complexity index is 347. The second kappa shape index (κ2) is 4.45. The van der Waals surface area contributed by atoms with Crippen LogP contribution in [0.1, 0.15) is 19.0 Å². The second-order valence-electron chi connectivity index (χ2n) is 3.12. The Balaban J connectivity index is 2.81. The van der Waals surface area contributed by atoms with Crippen LogP contribution in [0.4, 0.5) is 11.5 Å². The molecule has 1 aromatic heterocycles. The minimum Gasteiger partial charge on any atom is -0.394 e. The number of nitrogens with zero attached hydrogens (tertiary/aromatic N) is 2. The van der Waals surface area contributed by atoms with Gasteiger partial charge in [-0.3, -0.25) is 9.40 Å². The maximum Gasteiger partial charge on any atom is 0.159 e. The van der Waals surface area contributed by atoms with Crippen molar-refractivity contribution in [2.75, 3.05) is 16.2 Å². The molecule has 0 aliphatic rings. The fraction of sp³-hybridized carbons (Fsp3) is 0.625. The van der Waals surface area contributed by atoms with Gasteiger partial charge in [0.05, 0.1) is 11.4 Å². The smallest absolute Gasteiger partial charge is 0.159 e. The number of hydrogen-bond acceptors (Lipinski definition) is 3. The first-order valence-corrected chi connectivity index (χ1v) is 5.82. The Kier molecular flexibility index (Phi) is 3.51. The van der Waals surface area contributed by atoms with Crippen LogP contribution in [0, 0.1) is 6.92 Å². The lowest BCUT2D eigenvalue weighted by atomic mass is 10.4. The van der Waals surface area contributed by atoms with Gasteiger partial charge in [-0.1, -0.05) is 6.92 Å². The first-order chi connectivity index (χ1) is 6.56. The number of nitrogens with two attached hydrogens (primary N) is 1. The van der Waals surface area contributed by atoms with Crippen LogP contribution in [0.2, 0.25) is 0 Å². The van der Waals surface area contributed by atoms with E-state index in [4.69, 9.17) is 5.73 Å². The van der Waals surface area contributed by atoms with Gasteiger partial charge < -0.3 is 5.73 Å². The molecule has 0 fully saturated rings. The highest BCUT2D eigenvalue weighted by molar-refractivity contribution is 7.86. The number of rotatable bonds is 4. The van der Waals surface area contributed by atoms with E-state index in [0.29, 0.717) is 17.3 Å². The molecule has 14 heavy (non-hydrogen) atoms. The zero-order valence-corrected chi connectivity index (χ0v) is 9.52. The third-order valence-corrected chi connectivity index (χ3v) is 3.07. The maximum absolute atomic E-state index is 11.4. The Morgan fingerprint density at radius 2 is 2.29 bits per heavy atom. The molecule has 0 radical (unpaired) electrons. The molecule has 1 heterocycles. The Morgan fingerprint density at radius 3 is 2.71 bits per heavy atom. The molecule has 1 unspecified atom stereocenters. The van der Waals surface area contributed by atoms with Gasteiger partial charge in [0.1, 0.15) is 11.0 Å². The molecule has 0 saturated heterocycles. The predicted octanol–water partition coefficient (Wildman–Crippen LogP) is 0.796. The Hall–Kier alpha value is -1.04. The van der Waals surface area contributed by atoms with Gasteiger partial charge in [-0.05, 0) is 13.3 Å². The largest absolute Gasteiger partial charge is 0.394 e. The van der Waals surface area contributed by atoms with Gasteiger partial charge in [-0.2, -0.15) is 5.10 Å². The van der Waals surface area contributed by atoms with Crippen LogP contribution in [-0.2, 0) is 18.0 Å². The average Bonchev–Trinajstić information content (AvgIpc) is 2.33. The lowest BCUT2D eigenvalue weighted by molar-refractivity contribution is 0.684. The maximum atomic E-state index is 11.4. The van der Waals surface area contributed by atoms with Crippen molar-refractivity contribution >= 4 is 22.5 Å². The van der Waals surface area contributed by atoms with E-state index in [9.17, 15) is 4.21 Å². The molecule has 0 aliphatic heterocycles. The Labute approximate surface area is 86.3 Å². The Morgan fingerprint density at radius 1 is 1.64 bits per heavy atom. The van der Waals surface area contributed by atoms with Crippen molar-refractivity contribution in [2.45, 2.75) is 20.3 Å². The third kappa shape index (κ3) is 2.25. The number of aryl methyl sites for hydroxylation is 2. The van der Waals surface area contributed by atoms with Gasteiger partial charge >= 0.3 is 0 Å². The topological polar surface area (TPSA) is 72.9 Å². The van der Waals surface area contributed by atoms with Gasteiger partial charge in [-0.15, -0.1) is 0 Å². The summed E-state index contributed by atoms with van der Waals surface area (Å²) in [6, 6.07) is 0. The van der Waals surface area contributed by atoms with Crippen molar-refractivity contribution in [3.8, 4) is 0 Å². The number of nitrogens with one attached hydrogen (secondary N) is 1. The van der Waals surface area contributed by atoms with Crippen molar-refractivity contribution in [1.29, 1.82) is 0 Å². The molecule has 0 aliphatic carbocycles. The molecule has 5 nitrogen and oxygen atoms in total. The van der Waals surface area contributed by atoms with E-state index in [2.05, 4.69) is 9.82 Å². The lowest BCUT2D eigenvalue weighted by Gasteiger charge is -2.05. The van der Waals surface area contributed by atoms with E-state index < -0.39 is 11.0 Å².